The van der Waals surface area contributed by atoms with Gasteiger partial charge in [-0.05, 0) is 51.0 Å². The zero-order valence-electron chi connectivity index (χ0n) is 13.6. The summed E-state index contributed by atoms with van der Waals surface area (Å²) in [7, 11) is 2.11. The van der Waals surface area contributed by atoms with Crippen LogP contribution in [-0.2, 0) is 13.1 Å². The van der Waals surface area contributed by atoms with Crippen LogP contribution in [0.4, 0.5) is 5.69 Å². The van der Waals surface area contributed by atoms with E-state index in [4.69, 9.17) is 0 Å². The first-order valence-electron chi connectivity index (χ1n) is 7.28. The molecule has 4 heteroatoms. The molecule has 0 aliphatic rings. The van der Waals surface area contributed by atoms with Crippen molar-refractivity contribution in [2.45, 2.75) is 46.3 Å². The van der Waals surface area contributed by atoms with E-state index in [1.54, 1.807) is 11.3 Å². The topological polar surface area (TPSA) is 28.2 Å². The Balaban J connectivity index is 2.04. The Bertz CT molecular complexity index is 570. The van der Waals surface area contributed by atoms with Gasteiger partial charge < -0.3 is 10.2 Å². The number of aryl methyl sites for hydroxylation is 1. The maximum absolute atomic E-state index is 4.35. The third-order valence-electron chi connectivity index (χ3n) is 3.46. The van der Waals surface area contributed by atoms with Gasteiger partial charge in [0.1, 0.15) is 0 Å². The molecule has 0 spiro atoms. The molecule has 2 rings (SSSR count). The van der Waals surface area contributed by atoms with Crippen molar-refractivity contribution in [1.29, 1.82) is 0 Å². The highest BCUT2D eigenvalue weighted by Crippen LogP contribution is 2.20. The molecule has 3 nitrogen and oxygen atoms in total. The first-order chi connectivity index (χ1) is 9.85. The lowest BCUT2D eigenvalue weighted by Crippen LogP contribution is -2.35. The summed E-state index contributed by atoms with van der Waals surface area (Å²) in [4.78, 5) is 6.58. The van der Waals surface area contributed by atoms with Gasteiger partial charge in [0, 0.05) is 30.2 Å². The second-order valence-electron chi connectivity index (χ2n) is 6.55. The molecule has 1 aromatic carbocycles. The van der Waals surface area contributed by atoms with Crippen LogP contribution in [0.3, 0.4) is 0 Å². The largest absolute Gasteiger partial charge is 0.369 e. The van der Waals surface area contributed by atoms with Crippen molar-refractivity contribution >= 4 is 17.0 Å². The number of rotatable bonds is 5. The zero-order chi connectivity index (χ0) is 15.5. The SMILES string of the molecule is Cc1cc(N(C)Cc2cscn2)ccc1CNC(C)(C)C. The quantitative estimate of drug-likeness (QED) is 0.905. The standard InChI is InChI=1S/C17H25N3S/c1-13-8-16(20(5)10-15-11-21-12-18-15)7-6-14(13)9-19-17(2,3)4/h6-8,11-12,19H,9-10H2,1-5H3. The van der Waals surface area contributed by atoms with Crippen LogP contribution >= 0.6 is 11.3 Å². The summed E-state index contributed by atoms with van der Waals surface area (Å²) in [6, 6.07) is 6.67. The molecule has 1 N–H and O–H groups in total. The molecule has 0 unspecified atom stereocenters. The number of aromatic nitrogens is 1. The zero-order valence-corrected chi connectivity index (χ0v) is 14.4. The van der Waals surface area contributed by atoms with Crippen molar-refractivity contribution in [3.63, 3.8) is 0 Å². The van der Waals surface area contributed by atoms with E-state index in [0.29, 0.717) is 0 Å². The lowest BCUT2D eigenvalue weighted by Gasteiger charge is -2.23. The number of thiazole rings is 1. The highest BCUT2D eigenvalue weighted by molar-refractivity contribution is 7.07. The van der Waals surface area contributed by atoms with Gasteiger partial charge in [-0.15, -0.1) is 11.3 Å². The molecule has 0 aliphatic heterocycles. The summed E-state index contributed by atoms with van der Waals surface area (Å²) < 4.78 is 0. The summed E-state index contributed by atoms with van der Waals surface area (Å²) in [6.45, 7) is 10.5. The van der Waals surface area contributed by atoms with Crippen molar-refractivity contribution in [3.8, 4) is 0 Å². The van der Waals surface area contributed by atoms with Gasteiger partial charge in [-0.25, -0.2) is 4.98 Å². The third-order valence-corrected chi connectivity index (χ3v) is 4.09. The van der Waals surface area contributed by atoms with E-state index in [2.05, 4.69) is 73.5 Å². The van der Waals surface area contributed by atoms with Gasteiger partial charge in [0.05, 0.1) is 17.7 Å². The molecule has 0 saturated carbocycles. The second-order valence-corrected chi connectivity index (χ2v) is 7.27. The summed E-state index contributed by atoms with van der Waals surface area (Å²) in [5.74, 6) is 0. The van der Waals surface area contributed by atoms with Crippen molar-refractivity contribution in [2.75, 3.05) is 11.9 Å². The van der Waals surface area contributed by atoms with E-state index in [1.165, 1.54) is 16.8 Å². The molecule has 1 aromatic heterocycles. The molecular formula is C17H25N3S. The van der Waals surface area contributed by atoms with Crippen molar-refractivity contribution in [1.82, 2.24) is 10.3 Å². The minimum absolute atomic E-state index is 0.145. The van der Waals surface area contributed by atoms with Gasteiger partial charge in [0.25, 0.3) is 0 Å². The summed E-state index contributed by atoms with van der Waals surface area (Å²) in [5.41, 5.74) is 7.08. The van der Waals surface area contributed by atoms with E-state index >= 15 is 0 Å². The fourth-order valence-corrected chi connectivity index (χ4v) is 2.68. The molecule has 0 bridgehead atoms. The average molecular weight is 303 g/mol. The highest BCUT2D eigenvalue weighted by Gasteiger charge is 2.10. The molecule has 0 aliphatic carbocycles. The lowest BCUT2D eigenvalue weighted by molar-refractivity contribution is 0.424. The molecule has 21 heavy (non-hydrogen) atoms. The van der Waals surface area contributed by atoms with Gasteiger partial charge in [-0.1, -0.05) is 6.07 Å². The number of nitrogens with one attached hydrogen (secondary N) is 1. The van der Waals surface area contributed by atoms with Crippen LogP contribution in [0.25, 0.3) is 0 Å². The smallest absolute Gasteiger partial charge is 0.0795 e. The molecule has 0 amide bonds. The van der Waals surface area contributed by atoms with Gasteiger partial charge in [0.2, 0.25) is 0 Å². The number of anilines is 1. The maximum atomic E-state index is 4.35. The predicted molar refractivity (Wildman–Crippen MR) is 92.0 cm³/mol. The molecule has 0 radical (unpaired) electrons. The van der Waals surface area contributed by atoms with Crippen LogP contribution < -0.4 is 10.2 Å². The van der Waals surface area contributed by atoms with Crippen LogP contribution in [-0.4, -0.2) is 17.6 Å². The number of benzene rings is 1. The minimum atomic E-state index is 0.145. The van der Waals surface area contributed by atoms with E-state index in [9.17, 15) is 0 Å². The van der Waals surface area contributed by atoms with E-state index < -0.39 is 0 Å². The monoisotopic (exact) mass is 303 g/mol. The van der Waals surface area contributed by atoms with Gasteiger partial charge in [-0.2, -0.15) is 0 Å². The van der Waals surface area contributed by atoms with Crippen LogP contribution in [0.2, 0.25) is 0 Å². The molecule has 114 valence electrons. The van der Waals surface area contributed by atoms with E-state index in [-0.39, 0.29) is 5.54 Å². The first kappa shape index (κ1) is 16.0. The molecule has 0 atom stereocenters. The third kappa shape index (κ3) is 4.83. The molecule has 0 saturated heterocycles. The van der Waals surface area contributed by atoms with E-state index in [1.807, 2.05) is 5.51 Å². The van der Waals surface area contributed by atoms with E-state index in [0.717, 1.165) is 18.8 Å². The van der Waals surface area contributed by atoms with Crippen LogP contribution in [0.15, 0.2) is 29.1 Å². The highest BCUT2D eigenvalue weighted by atomic mass is 32.1. The number of hydrogen-bond acceptors (Lipinski definition) is 4. The van der Waals surface area contributed by atoms with Crippen molar-refractivity contribution in [3.05, 3.63) is 45.9 Å². The summed E-state index contributed by atoms with van der Waals surface area (Å²) in [5, 5.41) is 5.64. The molecule has 2 aromatic rings. The van der Waals surface area contributed by atoms with Crippen molar-refractivity contribution < 1.29 is 0 Å². The van der Waals surface area contributed by atoms with Gasteiger partial charge in [0.15, 0.2) is 0 Å². The van der Waals surface area contributed by atoms with Gasteiger partial charge in [-0.3, -0.25) is 0 Å². The molecule has 0 fully saturated rings. The number of hydrogen-bond donors (Lipinski definition) is 1. The Morgan fingerprint density at radius 3 is 2.62 bits per heavy atom. The first-order valence-corrected chi connectivity index (χ1v) is 8.22. The molecule has 1 heterocycles. The fourth-order valence-electron chi connectivity index (χ4n) is 2.13. The van der Waals surface area contributed by atoms with Crippen LogP contribution in [0.1, 0.15) is 37.6 Å². The number of nitrogens with zero attached hydrogens (tertiary/aromatic N) is 2. The van der Waals surface area contributed by atoms with Crippen molar-refractivity contribution in [2.24, 2.45) is 0 Å². The summed E-state index contributed by atoms with van der Waals surface area (Å²) in [6.07, 6.45) is 0. The Morgan fingerprint density at radius 2 is 2.05 bits per heavy atom. The average Bonchev–Trinajstić information content (AvgIpc) is 2.89. The Labute approximate surface area is 132 Å². The van der Waals surface area contributed by atoms with Gasteiger partial charge >= 0.3 is 0 Å². The normalized spacial score (nSPS) is 11.7. The fraction of sp³-hybridized carbons (Fsp3) is 0.471. The second kappa shape index (κ2) is 6.58. The predicted octanol–water partition coefficient (Wildman–Crippen LogP) is 3.98. The Hall–Kier alpha value is -1.39. The minimum Gasteiger partial charge on any atom is -0.369 e. The Morgan fingerprint density at radius 1 is 1.29 bits per heavy atom. The summed E-state index contributed by atoms with van der Waals surface area (Å²) >= 11 is 1.65. The van der Waals surface area contributed by atoms with Crippen LogP contribution in [0, 0.1) is 6.92 Å². The Kier molecular flexibility index (Phi) is 5.01. The molecular weight excluding hydrogens is 278 g/mol. The maximum Gasteiger partial charge on any atom is 0.0795 e. The lowest BCUT2D eigenvalue weighted by atomic mass is 10.0. The van der Waals surface area contributed by atoms with Crippen LogP contribution in [0.5, 0.6) is 0 Å².